The van der Waals surface area contributed by atoms with E-state index in [1.807, 2.05) is 12.3 Å². The van der Waals surface area contributed by atoms with Crippen LogP contribution in [-0.2, 0) is 17.8 Å². The number of aromatic nitrogens is 3. The number of nitrogens with zero attached hydrogens (tertiary/aromatic N) is 3. The van der Waals surface area contributed by atoms with E-state index in [2.05, 4.69) is 15.4 Å². The number of imidazole rings is 1. The first-order valence-corrected chi connectivity index (χ1v) is 9.98. The van der Waals surface area contributed by atoms with E-state index in [1.165, 1.54) is 0 Å². The van der Waals surface area contributed by atoms with Crippen molar-refractivity contribution in [2.75, 3.05) is 0 Å². The van der Waals surface area contributed by atoms with Gasteiger partial charge in [-0.1, -0.05) is 0 Å². The highest BCUT2D eigenvalue weighted by molar-refractivity contribution is 5.76. The maximum atomic E-state index is 13.3. The summed E-state index contributed by atoms with van der Waals surface area (Å²) in [4.78, 5) is 16.5. The van der Waals surface area contributed by atoms with Crippen LogP contribution in [0.5, 0.6) is 0 Å². The summed E-state index contributed by atoms with van der Waals surface area (Å²) < 4.78 is 41.1. The Balaban J connectivity index is 1.31. The lowest BCUT2D eigenvalue weighted by atomic mass is 9.81. The molecule has 0 atom stereocenters. The second kappa shape index (κ2) is 7.72. The van der Waals surface area contributed by atoms with Crippen LogP contribution in [0.15, 0.2) is 18.5 Å². The maximum absolute atomic E-state index is 13.3. The van der Waals surface area contributed by atoms with E-state index in [1.54, 1.807) is 10.7 Å². The molecular formula is C20H25F3N4O. The molecule has 0 spiro atoms. The van der Waals surface area contributed by atoms with Crippen LogP contribution in [0, 0.1) is 11.8 Å². The lowest BCUT2D eigenvalue weighted by Gasteiger charge is -2.28. The molecular weight excluding hydrogens is 369 g/mol. The zero-order valence-electron chi connectivity index (χ0n) is 15.7. The first-order valence-electron chi connectivity index (χ1n) is 9.98. The van der Waals surface area contributed by atoms with Gasteiger partial charge < -0.3 is 5.32 Å². The predicted molar refractivity (Wildman–Crippen MR) is 97.7 cm³/mol. The summed E-state index contributed by atoms with van der Waals surface area (Å²) in [6, 6.07) is 1.87. The van der Waals surface area contributed by atoms with Crippen molar-refractivity contribution in [2.24, 2.45) is 11.8 Å². The molecule has 5 nitrogen and oxygen atoms in total. The lowest BCUT2D eigenvalue weighted by molar-refractivity contribution is -0.123. The summed E-state index contributed by atoms with van der Waals surface area (Å²) in [5.74, 6) is -2.19. The van der Waals surface area contributed by atoms with E-state index in [0.29, 0.717) is 50.7 Å². The second-order valence-corrected chi connectivity index (χ2v) is 8.32. The zero-order chi connectivity index (χ0) is 19.7. The van der Waals surface area contributed by atoms with Crippen molar-refractivity contribution in [3.8, 4) is 0 Å². The van der Waals surface area contributed by atoms with Crippen molar-refractivity contribution in [3.63, 3.8) is 0 Å². The van der Waals surface area contributed by atoms with Gasteiger partial charge in [0.1, 0.15) is 6.17 Å². The third-order valence-electron chi connectivity index (χ3n) is 5.90. The summed E-state index contributed by atoms with van der Waals surface area (Å²) >= 11 is 0. The first kappa shape index (κ1) is 19.2. The van der Waals surface area contributed by atoms with E-state index < -0.39 is 12.1 Å². The molecule has 8 heteroatoms. The number of fused-ring (bicyclic) bond motifs is 1. The molecule has 2 heterocycles. The summed E-state index contributed by atoms with van der Waals surface area (Å²) in [5, 5.41) is 7.18. The number of halogens is 3. The highest BCUT2D eigenvalue weighted by Gasteiger charge is 2.35. The molecule has 1 amide bonds. The quantitative estimate of drug-likeness (QED) is 0.810. The fourth-order valence-electron chi connectivity index (χ4n) is 4.12. The van der Waals surface area contributed by atoms with Crippen LogP contribution in [0.2, 0.25) is 0 Å². The maximum Gasteiger partial charge on any atom is 0.248 e. The van der Waals surface area contributed by atoms with Gasteiger partial charge in [0.05, 0.1) is 18.1 Å². The monoisotopic (exact) mass is 394 g/mol. The van der Waals surface area contributed by atoms with E-state index in [-0.39, 0.29) is 30.6 Å². The van der Waals surface area contributed by atoms with Crippen LogP contribution in [-0.4, -0.2) is 32.6 Å². The van der Waals surface area contributed by atoms with Crippen molar-refractivity contribution >= 4 is 11.6 Å². The average molecular weight is 394 g/mol. The minimum Gasteiger partial charge on any atom is -0.352 e. The van der Waals surface area contributed by atoms with Crippen LogP contribution >= 0.6 is 0 Å². The summed E-state index contributed by atoms with van der Waals surface area (Å²) in [5.41, 5.74) is 2.38. The van der Waals surface area contributed by atoms with Crippen LogP contribution in [0.4, 0.5) is 13.2 Å². The highest BCUT2D eigenvalue weighted by atomic mass is 19.3. The Morgan fingerprint density at radius 3 is 2.71 bits per heavy atom. The van der Waals surface area contributed by atoms with E-state index >= 15 is 0 Å². The van der Waals surface area contributed by atoms with E-state index in [9.17, 15) is 18.0 Å². The molecule has 2 aliphatic rings. The molecule has 0 aromatic carbocycles. The summed E-state index contributed by atoms with van der Waals surface area (Å²) in [6.45, 7) is 0.355. The normalized spacial score (nSPS) is 24.8. The minimum atomic E-state index is -2.51. The molecule has 4 rings (SSSR count). The molecule has 0 unspecified atom stereocenters. The molecule has 2 aromatic heterocycles. The first-order chi connectivity index (χ1) is 13.4. The smallest absolute Gasteiger partial charge is 0.248 e. The number of nitrogens with one attached hydrogen (secondary N) is 1. The summed E-state index contributed by atoms with van der Waals surface area (Å²) in [7, 11) is 0. The van der Waals surface area contributed by atoms with Crippen LogP contribution in [0.25, 0.3) is 5.65 Å². The van der Waals surface area contributed by atoms with Crippen molar-refractivity contribution in [2.45, 2.75) is 70.0 Å². The van der Waals surface area contributed by atoms with E-state index in [0.717, 1.165) is 11.3 Å². The van der Waals surface area contributed by atoms with Gasteiger partial charge in [-0.25, -0.2) is 22.7 Å². The van der Waals surface area contributed by atoms with Crippen LogP contribution in [0.1, 0.15) is 56.2 Å². The lowest BCUT2D eigenvalue weighted by Crippen LogP contribution is -2.32. The fraction of sp³-hybridized carbons (Fsp3) is 0.650. The standard InChI is InChI=1S/C20H25F3N4O/c21-16-5-14(6-16)9-19(28)24-10-15-8-18-26-17(12-27(18)25-11-15)7-13-1-3-20(22,23)4-2-13/h8,11-14,16H,1-7,9-10H2,(H,24,28)/t14-,16+. The van der Waals surface area contributed by atoms with Crippen molar-refractivity contribution in [1.29, 1.82) is 0 Å². The Hall–Kier alpha value is -2.12. The highest BCUT2D eigenvalue weighted by Crippen LogP contribution is 2.37. The Morgan fingerprint density at radius 1 is 1.25 bits per heavy atom. The number of hydrogen-bond donors (Lipinski definition) is 1. The van der Waals surface area contributed by atoms with Gasteiger partial charge in [0.2, 0.25) is 11.8 Å². The number of rotatable bonds is 6. The number of amides is 1. The van der Waals surface area contributed by atoms with Gasteiger partial charge in [0, 0.05) is 25.8 Å². The van der Waals surface area contributed by atoms with Gasteiger partial charge >= 0.3 is 0 Å². The number of carbonyl (C=O) groups is 1. The van der Waals surface area contributed by atoms with Gasteiger partial charge in [-0.2, -0.15) is 5.10 Å². The van der Waals surface area contributed by atoms with Crippen molar-refractivity contribution in [1.82, 2.24) is 19.9 Å². The Bertz CT molecular complexity index is 837. The molecule has 2 saturated carbocycles. The van der Waals surface area contributed by atoms with Gasteiger partial charge in [-0.3, -0.25) is 4.79 Å². The Kier molecular flexibility index (Phi) is 5.29. The van der Waals surface area contributed by atoms with Gasteiger partial charge in [0.15, 0.2) is 5.65 Å². The molecule has 0 bridgehead atoms. The molecule has 2 aliphatic carbocycles. The molecule has 2 fully saturated rings. The Morgan fingerprint density at radius 2 is 2.00 bits per heavy atom. The molecule has 2 aromatic rings. The Labute approximate surface area is 161 Å². The zero-order valence-corrected chi connectivity index (χ0v) is 15.7. The molecule has 1 N–H and O–H groups in total. The van der Waals surface area contributed by atoms with Crippen molar-refractivity contribution < 1.29 is 18.0 Å². The minimum absolute atomic E-state index is 0.0417. The summed E-state index contributed by atoms with van der Waals surface area (Å²) in [6.07, 6.45) is 5.75. The number of alkyl halides is 3. The van der Waals surface area contributed by atoms with Gasteiger partial charge in [-0.05, 0) is 55.6 Å². The third kappa shape index (κ3) is 4.64. The molecule has 0 aliphatic heterocycles. The fourth-order valence-corrected chi connectivity index (χ4v) is 4.12. The predicted octanol–water partition coefficient (Wildman–Crippen LogP) is 3.85. The molecule has 28 heavy (non-hydrogen) atoms. The molecule has 152 valence electrons. The topological polar surface area (TPSA) is 59.3 Å². The number of carbonyl (C=O) groups excluding carboxylic acids is 1. The molecule has 0 radical (unpaired) electrons. The second-order valence-electron chi connectivity index (χ2n) is 8.32. The van der Waals surface area contributed by atoms with Crippen LogP contribution in [0.3, 0.4) is 0 Å². The SMILES string of the molecule is O=C(C[C@H]1C[C@@H](F)C1)NCc1cnn2cc(CC3CCC(F)(F)CC3)nc2c1. The van der Waals surface area contributed by atoms with E-state index in [4.69, 9.17) is 0 Å². The third-order valence-corrected chi connectivity index (χ3v) is 5.90. The largest absolute Gasteiger partial charge is 0.352 e. The molecule has 0 saturated heterocycles. The van der Waals surface area contributed by atoms with Crippen LogP contribution < -0.4 is 5.32 Å². The van der Waals surface area contributed by atoms with Gasteiger partial charge in [-0.15, -0.1) is 0 Å². The number of hydrogen-bond acceptors (Lipinski definition) is 3. The average Bonchev–Trinajstić information content (AvgIpc) is 3.02. The van der Waals surface area contributed by atoms with Crippen molar-refractivity contribution in [3.05, 3.63) is 29.7 Å². The van der Waals surface area contributed by atoms with Gasteiger partial charge in [0.25, 0.3) is 0 Å².